The highest BCUT2D eigenvalue weighted by atomic mass is 16.6. The summed E-state index contributed by atoms with van der Waals surface area (Å²) >= 11 is 0. The molecule has 1 saturated heterocycles. The van der Waals surface area contributed by atoms with Gasteiger partial charge in [0.15, 0.2) is 6.20 Å². The summed E-state index contributed by atoms with van der Waals surface area (Å²) in [6, 6.07) is 3.15. The van der Waals surface area contributed by atoms with Crippen molar-refractivity contribution in [1.29, 1.82) is 0 Å². The Morgan fingerprint density at radius 2 is 2.08 bits per heavy atom. The van der Waals surface area contributed by atoms with Crippen molar-refractivity contribution in [2.24, 2.45) is 5.92 Å². The number of hydrogen-bond donors (Lipinski definition) is 1. The molecule has 0 unspecified atom stereocenters. The second kappa shape index (κ2) is 7.46. The molecule has 2 rings (SSSR count). The van der Waals surface area contributed by atoms with Crippen LogP contribution in [0.25, 0.3) is 0 Å². The van der Waals surface area contributed by atoms with Gasteiger partial charge in [-0.1, -0.05) is 0 Å². The molecular formula is C16H24N4O4. The van der Waals surface area contributed by atoms with Gasteiger partial charge in [-0.2, -0.15) is 0 Å². The second-order valence-corrected chi connectivity index (χ2v) is 6.94. The Kier molecular flexibility index (Phi) is 5.58. The minimum absolute atomic E-state index is 0.143. The van der Waals surface area contributed by atoms with Crippen LogP contribution in [-0.4, -0.2) is 41.2 Å². The average Bonchev–Trinajstić information content (AvgIpc) is 2.52. The maximum absolute atomic E-state index is 11.7. The number of ether oxygens (including phenoxy) is 1. The molecule has 24 heavy (non-hydrogen) atoms. The van der Waals surface area contributed by atoms with Crippen molar-refractivity contribution in [1.82, 2.24) is 10.3 Å². The van der Waals surface area contributed by atoms with Crippen LogP contribution in [0.3, 0.4) is 0 Å². The first kappa shape index (κ1) is 18.0. The highest BCUT2D eigenvalue weighted by molar-refractivity contribution is 5.67. The van der Waals surface area contributed by atoms with Crippen LogP contribution in [0.2, 0.25) is 0 Å². The normalized spacial score (nSPS) is 15.9. The molecule has 0 bridgehead atoms. The number of nitrogens with one attached hydrogen (secondary N) is 1. The molecule has 2 heterocycles. The number of carbonyl (C=O) groups excluding carboxylic acids is 1. The molecule has 8 heteroatoms. The van der Waals surface area contributed by atoms with Crippen LogP contribution in [0.4, 0.5) is 16.3 Å². The maximum atomic E-state index is 11.7. The quantitative estimate of drug-likeness (QED) is 0.670. The van der Waals surface area contributed by atoms with Gasteiger partial charge in [-0.15, -0.1) is 0 Å². The zero-order chi connectivity index (χ0) is 17.7. The topological polar surface area (TPSA) is 97.6 Å². The smallest absolute Gasteiger partial charge is 0.407 e. The number of alkyl carbamates (subject to hydrolysis) is 1. The molecule has 0 aromatic carbocycles. The van der Waals surface area contributed by atoms with Crippen molar-refractivity contribution in [3.8, 4) is 0 Å². The highest BCUT2D eigenvalue weighted by Gasteiger charge is 2.22. The Hall–Kier alpha value is -2.38. The fourth-order valence-electron chi connectivity index (χ4n) is 2.61. The standard InChI is InChI=1S/C16H24N4O4/c1-16(2,3)24-15(21)18-10-12-6-8-19(9-7-12)13-4-5-14(17-11-13)20(22)23/h4-5,11-12H,6-10H2,1-3H3,(H,18,21). The van der Waals surface area contributed by atoms with E-state index >= 15 is 0 Å². The molecule has 8 nitrogen and oxygen atoms in total. The van der Waals surface area contributed by atoms with Gasteiger partial charge in [0.05, 0.1) is 5.69 Å². The Labute approximate surface area is 141 Å². The molecule has 1 N–H and O–H groups in total. The first-order valence-electron chi connectivity index (χ1n) is 8.07. The lowest BCUT2D eigenvalue weighted by Crippen LogP contribution is -2.40. The van der Waals surface area contributed by atoms with Crippen LogP contribution >= 0.6 is 0 Å². The van der Waals surface area contributed by atoms with E-state index < -0.39 is 10.5 Å². The summed E-state index contributed by atoms with van der Waals surface area (Å²) in [4.78, 5) is 27.8. The summed E-state index contributed by atoms with van der Waals surface area (Å²) in [6.07, 6.45) is 3.03. The average molecular weight is 336 g/mol. The molecule has 0 atom stereocenters. The first-order chi connectivity index (χ1) is 11.2. The van der Waals surface area contributed by atoms with E-state index in [1.54, 1.807) is 6.07 Å². The monoisotopic (exact) mass is 336 g/mol. The van der Waals surface area contributed by atoms with Crippen LogP contribution in [0.15, 0.2) is 18.3 Å². The predicted octanol–water partition coefficient (Wildman–Crippen LogP) is 2.73. The molecule has 1 aliphatic rings. The number of amides is 1. The zero-order valence-corrected chi connectivity index (χ0v) is 14.3. The third kappa shape index (κ3) is 5.36. The van der Waals surface area contributed by atoms with E-state index in [1.807, 2.05) is 20.8 Å². The third-order valence-corrected chi connectivity index (χ3v) is 3.83. The van der Waals surface area contributed by atoms with Crippen molar-refractivity contribution >= 4 is 17.6 Å². The van der Waals surface area contributed by atoms with Crippen molar-refractivity contribution in [2.45, 2.75) is 39.2 Å². The largest absolute Gasteiger partial charge is 0.444 e. The van der Waals surface area contributed by atoms with Crippen molar-refractivity contribution in [3.63, 3.8) is 0 Å². The lowest BCUT2D eigenvalue weighted by atomic mass is 9.96. The summed E-state index contributed by atoms with van der Waals surface area (Å²) in [7, 11) is 0. The van der Waals surface area contributed by atoms with Crippen molar-refractivity contribution < 1.29 is 14.5 Å². The molecule has 1 amide bonds. The highest BCUT2D eigenvalue weighted by Crippen LogP contribution is 2.23. The molecule has 0 spiro atoms. The summed E-state index contributed by atoms with van der Waals surface area (Å²) in [5.74, 6) is 0.259. The number of rotatable bonds is 4. The van der Waals surface area contributed by atoms with Gasteiger partial charge in [-0.05, 0) is 55.5 Å². The van der Waals surface area contributed by atoms with Crippen LogP contribution in [0.5, 0.6) is 0 Å². The Bertz CT molecular complexity index is 575. The Balaban J connectivity index is 1.77. The van der Waals surface area contributed by atoms with Gasteiger partial charge in [-0.3, -0.25) is 0 Å². The summed E-state index contributed by atoms with van der Waals surface area (Å²) in [5, 5.41) is 13.4. The molecule has 1 fully saturated rings. The van der Waals surface area contributed by atoms with Gasteiger partial charge < -0.3 is 25.1 Å². The van der Waals surface area contributed by atoms with E-state index in [0.29, 0.717) is 12.5 Å². The number of carbonyl (C=O) groups is 1. The molecule has 1 aromatic heterocycles. The third-order valence-electron chi connectivity index (χ3n) is 3.83. The molecule has 1 aromatic rings. The Morgan fingerprint density at radius 3 is 2.58 bits per heavy atom. The number of pyridine rings is 1. The number of hydrogen-bond acceptors (Lipinski definition) is 6. The molecule has 0 aliphatic carbocycles. The van der Waals surface area contributed by atoms with Gasteiger partial charge in [0.1, 0.15) is 5.60 Å². The molecule has 1 aliphatic heterocycles. The SMILES string of the molecule is CC(C)(C)OC(=O)NCC1CCN(c2ccc([N+](=O)[O-])nc2)CC1. The van der Waals surface area contributed by atoms with Gasteiger partial charge in [0, 0.05) is 25.7 Å². The number of anilines is 1. The summed E-state index contributed by atoms with van der Waals surface area (Å²) in [5.41, 5.74) is 0.398. The minimum Gasteiger partial charge on any atom is -0.444 e. The number of nitrogens with zero attached hydrogens (tertiary/aromatic N) is 3. The molecule has 132 valence electrons. The van der Waals surface area contributed by atoms with Crippen molar-refractivity contribution in [3.05, 3.63) is 28.4 Å². The van der Waals surface area contributed by atoms with E-state index in [0.717, 1.165) is 31.6 Å². The van der Waals surface area contributed by atoms with Crippen LogP contribution in [-0.2, 0) is 4.74 Å². The van der Waals surface area contributed by atoms with Crippen LogP contribution in [0.1, 0.15) is 33.6 Å². The second-order valence-electron chi connectivity index (χ2n) is 6.94. The fourth-order valence-corrected chi connectivity index (χ4v) is 2.61. The van der Waals surface area contributed by atoms with Crippen molar-refractivity contribution in [2.75, 3.05) is 24.5 Å². The van der Waals surface area contributed by atoms with E-state index in [9.17, 15) is 14.9 Å². The summed E-state index contributed by atoms with van der Waals surface area (Å²) in [6.45, 7) is 7.78. The summed E-state index contributed by atoms with van der Waals surface area (Å²) < 4.78 is 5.23. The van der Waals surface area contributed by atoms with E-state index in [1.165, 1.54) is 12.3 Å². The Morgan fingerprint density at radius 1 is 1.42 bits per heavy atom. The van der Waals surface area contributed by atoms with E-state index in [2.05, 4.69) is 15.2 Å². The minimum atomic E-state index is -0.502. The lowest BCUT2D eigenvalue weighted by Gasteiger charge is -2.33. The van der Waals surface area contributed by atoms with Gasteiger partial charge >= 0.3 is 11.9 Å². The van der Waals surface area contributed by atoms with Crippen LogP contribution in [0, 0.1) is 16.0 Å². The number of nitro groups is 1. The lowest BCUT2D eigenvalue weighted by molar-refractivity contribution is -0.389. The fraction of sp³-hybridized carbons (Fsp3) is 0.625. The zero-order valence-electron chi connectivity index (χ0n) is 14.3. The molecular weight excluding hydrogens is 312 g/mol. The van der Waals surface area contributed by atoms with Gasteiger partial charge in [0.25, 0.3) is 0 Å². The van der Waals surface area contributed by atoms with Crippen LogP contribution < -0.4 is 10.2 Å². The number of aromatic nitrogens is 1. The molecule has 0 radical (unpaired) electrons. The van der Waals surface area contributed by atoms with Gasteiger partial charge in [-0.25, -0.2) is 4.79 Å². The predicted molar refractivity (Wildman–Crippen MR) is 90.1 cm³/mol. The van der Waals surface area contributed by atoms with E-state index in [-0.39, 0.29) is 11.9 Å². The van der Waals surface area contributed by atoms with E-state index in [4.69, 9.17) is 4.74 Å². The first-order valence-corrected chi connectivity index (χ1v) is 8.07. The van der Waals surface area contributed by atoms with Gasteiger partial charge in [0.2, 0.25) is 0 Å². The maximum Gasteiger partial charge on any atom is 0.407 e. The molecule has 0 saturated carbocycles. The number of piperidine rings is 1.